The smallest absolute Gasteiger partial charge is 0.330 e. The zero-order chi connectivity index (χ0) is 16.7. The molecule has 0 fully saturated rings. The van der Waals surface area contributed by atoms with Crippen molar-refractivity contribution in [3.8, 4) is 11.5 Å². The maximum absolute atomic E-state index is 12.0. The summed E-state index contributed by atoms with van der Waals surface area (Å²) in [7, 11) is 1.50. The predicted octanol–water partition coefficient (Wildman–Crippen LogP) is 2.02. The molecule has 0 spiro atoms. The molecular weight excluding hydrogens is 298 g/mol. The average molecular weight is 315 g/mol. The number of rotatable bonds is 7. The molecule has 23 heavy (non-hydrogen) atoms. The Morgan fingerprint density at radius 1 is 1.04 bits per heavy atom. The number of amides is 1. The van der Waals surface area contributed by atoms with Crippen LogP contribution in [0.1, 0.15) is 11.6 Å². The van der Waals surface area contributed by atoms with Crippen molar-refractivity contribution in [1.29, 1.82) is 0 Å². The van der Waals surface area contributed by atoms with Gasteiger partial charge in [-0.15, -0.1) is 0 Å². The summed E-state index contributed by atoms with van der Waals surface area (Å²) in [6, 6.07) is 14.3. The number of ether oxygens (including phenoxy) is 2. The Morgan fingerprint density at radius 2 is 1.65 bits per heavy atom. The Balaban J connectivity index is 1.99. The SMILES string of the molecule is COc1ccccc1OCC(=O)NC(C(=O)O)c1ccccc1. The minimum absolute atomic E-state index is 0.309. The molecule has 2 aromatic carbocycles. The molecule has 2 rings (SSSR count). The minimum atomic E-state index is -1.14. The first-order valence-electron chi connectivity index (χ1n) is 6.94. The lowest BCUT2D eigenvalue weighted by molar-refractivity contribution is -0.142. The van der Waals surface area contributed by atoms with E-state index in [0.717, 1.165) is 0 Å². The standard InChI is InChI=1S/C17H17NO5/c1-22-13-9-5-6-10-14(13)23-11-15(19)18-16(17(20)21)12-7-3-2-4-8-12/h2-10,16H,11H2,1H3,(H,18,19)(H,20,21). The van der Waals surface area contributed by atoms with E-state index in [9.17, 15) is 14.7 Å². The third kappa shape index (κ3) is 4.47. The summed E-state index contributed by atoms with van der Waals surface area (Å²) >= 11 is 0. The number of nitrogens with one attached hydrogen (secondary N) is 1. The van der Waals surface area contributed by atoms with Crippen molar-refractivity contribution in [3.05, 3.63) is 60.2 Å². The fourth-order valence-electron chi connectivity index (χ4n) is 2.02. The van der Waals surface area contributed by atoms with Crippen molar-refractivity contribution in [2.24, 2.45) is 0 Å². The number of methoxy groups -OCH3 is 1. The van der Waals surface area contributed by atoms with Gasteiger partial charge >= 0.3 is 5.97 Å². The van der Waals surface area contributed by atoms with Crippen molar-refractivity contribution >= 4 is 11.9 Å². The molecule has 0 aliphatic heterocycles. The lowest BCUT2D eigenvalue weighted by atomic mass is 10.1. The summed E-state index contributed by atoms with van der Waals surface area (Å²) in [5.74, 6) is -0.760. The second-order valence-corrected chi connectivity index (χ2v) is 4.69. The monoisotopic (exact) mass is 315 g/mol. The molecule has 0 aliphatic rings. The molecule has 0 bridgehead atoms. The highest BCUT2D eigenvalue weighted by Gasteiger charge is 2.22. The topological polar surface area (TPSA) is 84.9 Å². The van der Waals surface area contributed by atoms with Gasteiger partial charge in [-0.2, -0.15) is 0 Å². The number of para-hydroxylation sites is 2. The van der Waals surface area contributed by atoms with Crippen LogP contribution in [0.5, 0.6) is 11.5 Å². The van der Waals surface area contributed by atoms with Crippen LogP contribution in [0, 0.1) is 0 Å². The highest BCUT2D eigenvalue weighted by molar-refractivity contribution is 5.85. The Bertz CT molecular complexity index is 672. The van der Waals surface area contributed by atoms with Crippen LogP contribution >= 0.6 is 0 Å². The summed E-state index contributed by atoms with van der Waals surface area (Å²) in [5, 5.41) is 11.7. The number of carbonyl (C=O) groups is 2. The quantitative estimate of drug-likeness (QED) is 0.816. The van der Waals surface area contributed by atoms with Gasteiger partial charge in [0.2, 0.25) is 0 Å². The van der Waals surface area contributed by atoms with E-state index in [1.165, 1.54) is 7.11 Å². The fraction of sp³-hybridized carbons (Fsp3) is 0.176. The van der Waals surface area contributed by atoms with Crippen LogP contribution in [0.25, 0.3) is 0 Å². The van der Waals surface area contributed by atoms with Crippen molar-refractivity contribution < 1.29 is 24.2 Å². The second-order valence-electron chi connectivity index (χ2n) is 4.69. The zero-order valence-electron chi connectivity index (χ0n) is 12.6. The lowest BCUT2D eigenvalue weighted by Crippen LogP contribution is -2.36. The number of hydrogen-bond donors (Lipinski definition) is 2. The highest BCUT2D eigenvalue weighted by atomic mass is 16.5. The summed E-state index contributed by atoms with van der Waals surface area (Å²) < 4.78 is 10.5. The van der Waals surface area contributed by atoms with E-state index in [4.69, 9.17) is 9.47 Å². The first-order valence-corrected chi connectivity index (χ1v) is 6.94. The van der Waals surface area contributed by atoms with E-state index in [-0.39, 0.29) is 6.61 Å². The van der Waals surface area contributed by atoms with Gasteiger partial charge in [0.25, 0.3) is 5.91 Å². The molecule has 0 radical (unpaired) electrons. The molecule has 0 aromatic heterocycles. The third-order valence-corrected chi connectivity index (χ3v) is 3.11. The molecule has 120 valence electrons. The molecule has 2 aromatic rings. The minimum Gasteiger partial charge on any atom is -0.493 e. The van der Waals surface area contributed by atoms with E-state index in [2.05, 4.69) is 5.32 Å². The molecular formula is C17H17NO5. The van der Waals surface area contributed by atoms with Gasteiger partial charge in [0.1, 0.15) is 0 Å². The Labute approximate surface area is 133 Å². The molecule has 0 aliphatic carbocycles. The van der Waals surface area contributed by atoms with Gasteiger partial charge in [-0.3, -0.25) is 4.79 Å². The van der Waals surface area contributed by atoms with Crippen molar-refractivity contribution in [2.75, 3.05) is 13.7 Å². The van der Waals surface area contributed by atoms with Crippen molar-refractivity contribution in [3.63, 3.8) is 0 Å². The summed E-state index contributed by atoms with van der Waals surface area (Å²) in [6.07, 6.45) is 0. The van der Waals surface area contributed by atoms with Crippen LogP contribution in [0.2, 0.25) is 0 Å². The first-order chi connectivity index (χ1) is 11.1. The number of carboxylic acids is 1. The molecule has 1 unspecified atom stereocenters. The molecule has 1 atom stereocenters. The van der Waals surface area contributed by atoms with Gasteiger partial charge in [-0.05, 0) is 17.7 Å². The largest absolute Gasteiger partial charge is 0.493 e. The second kappa shape index (κ2) is 7.84. The Morgan fingerprint density at radius 3 is 2.26 bits per heavy atom. The van der Waals surface area contributed by atoms with Gasteiger partial charge in [0.15, 0.2) is 24.1 Å². The van der Waals surface area contributed by atoms with Gasteiger partial charge in [-0.1, -0.05) is 42.5 Å². The Hall–Kier alpha value is -3.02. The summed E-state index contributed by atoms with van der Waals surface area (Å²) in [5.41, 5.74) is 0.491. The average Bonchev–Trinajstić information content (AvgIpc) is 2.58. The van der Waals surface area contributed by atoms with Crippen LogP contribution < -0.4 is 14.8 Å². The zero-order valence-corrected chi connectivity index (χ0v) is 12.6. The van der Waals surface area contributed by atoms with Crippen molar-refractivity contribution in [2.45, 2.75) is 6.04 Å². The molecule has 0 saturated carbocycles. The van der Waals surface area contributed by atoms with Crippen LogP contribution in [0.3, 0.4) is 0 Å². The molecule has 0 heterocycles. The summed E-state index contributed by atoms with van der Waals surface area (Å²) in [4.78, 5) is 23.3. The van der Waals surface area contributed by atoms with Crippen LogP contribution in [-0.4, -0.2) is 30.7 Å². The third-order valence-electron chi connectivity index (χ3n) is 3.11. The maximum Gasteiger partial charge on any atom is 0.330 e. The van der Waals surface area contributed by atoms with E-state index in [1.807, 2.05) is 0 Å². The van der Waals surface area contributed by atoms with E-state index < -0.39 is 17.9 Å². The van der Waals surface area contributed by atoms with Crippen LogP contribution in [-0.2, 0) is 9.59 Å². The number of benzene rings is 2. The predicted molar refractivity (Wildman–Crippen MR) is 83.5 cm³/mol. The number of hydrogen-bond acceptors (Lipinski definition) is 4. The van der Waals surface area contributed by atoms with E-state index >= 15 is 0 Å². The van der Waals surface area contributed by atoms with Gasteiger partial charge in [0.05, 0.1) is 7.11 Å². The molecule has 6 nitrogen and oxygen atoms in total. The number of carbonyl (C=O) groups excluding carboxylic acids is 1. The molecule has 1 amide bonds. The van der Waals surface area contributed by atoms with Gasteiger partial charge in [-0.25, -0.2) is 4.79 Å². The van der Waals surface area contributed by atoms with Gasteiger partial charge in [0, 0.05) is 0 Å². The fourth-order valence-corrected chi connectivity index (χ4v) is 2.02. The normalized spacial score (nSPS) is 11.3. The number of aliphatic carboxylic acids is 1. The van der Waals surface area contributed by atoms with Gasteiger partial charge < -0.3 is 19.9 Å². The first kappa shape index (κ1) is 16.4. The molecule has 2 N–H and O–H groups in total. The maximum atomic E-state index is 12.0. The number of carboxylic acid groups (broad SMARTS) is 1. The van der Waals surface area contributed by atoms with E-state index in [0.29, 0.717) is 17.1 Å². The van der Waals surface area contributed by atoms with Crippen LogP contribution in [0.4, 0.5) is 0 Å². The van der Waals surface area contributed by atoms with Crippen LogP contribution in [0.15, 0.2) is 54.6 Å². The summed E-state index contributed by atoms with van der Waals surface area (Å²) in [6.45, 7) is -0.309. The van der Waals surface area contributed by atoms with Crippen molar-refractivity contribution in [1.82, 2.24) is 5.32 Å². The Kier molecular flexibility index (Phi) is 5.57. The van der Waals surface area contributed by atoms with E-state index in [1.54, 1.807) is 54.6 Å². The highest BCUT2D eigenvalue weighted by Crippen LogP contribution is 2.25. The molecule has 0 saturated heterocycles. The lowest BCUT2D eigenvalue weighted by Gasteiger charge is -2.15. The molecule has 6 heteroatoms.